The van der Waals surface area contributed by atoms with Gasteiger partial charge in [0.1, 0.15) is 11.8 Å². The number of amides is 2. The van der Waals surface area contributed by atoms with E-state index < -0.39 is 6.04 Å². The summed E-state index contributed by atoms with van der Waals surface area (Å²) in [6, 6.07) is 6.71. The third-order valence-corrected chi connectivity index (χ3v) is 3.27. The Hall–Kier alpha value is -2.04. The van der Waals surface area contributed by atoms with E-state index in [2.05, 4.69) is 5.32 Å². The smallest absolute Gasteiger partial charge is 0.247 e. The van der Waals surface area contributed by atoms with Crippen molar-refractivity contribution < 1.29 is 14.3 Å². The van der Waals surface area contributed by atoms with Gasteiger partial charge in [-0.1, -0.05) is 19.1 Å². The van der Waals surface area contributed by atoms with Crippen LogP contribution in [0.15, 0.2) is 24.3 Å². The highest BCUT2D eigenvalue weighted by Crippen LogP contribution is 2.25. The van der Waals surface area contributed by atoms with E-state index in [0.717, 1.165) is 11.3 Å². The molecule has 2 amide bonds. The van der Waals surface area contributed by atoms with Gasteiger partial charge in [0, 0.05) is 19.5 Å². The van der Waals surface area contributed by atoms with Crippen molar-refractivity contribution in [1.82, 2.24) is 10.2 Å². The molecule has 5 heteroatoms. The molecule has 1 atom stereocenters. The lowest BCUT2D eigenvalue weighted by Gasteiger charge is -2.35. The molecule has 1 N–H and O–H groups in total. The first kappa shape index (κ1) is 13.4. The first-order valence-electron chi connectivity index (χ1n) is 6.38. The van der Waals surface area contributed by atoms with Gasteiger partial charge < -0.3 is 15.0 Å². The van der Waals surface area contributed by atoms with Crippen LogP contribution in [-0.4, -0.2) is 36.9 Å². The molecule has 1 unspecified atom stereocenters. The van der Waals surface area contributed by atoms with Gasteiger partial charge in [-0.05, 0) is 17.7 Å². The molecule has 1 aromatic carbocycles. The maximum Gasteiger partial charge on any atom is 0.247 e. The molecule has 0 aromatic heterocycles. The molecule has 0 bridgehead atoms. The van der Waals surface area contributed by atoms with E-state index in [4.69, 9.17) is 4.74 Å². The Balaban J connectivity index is 2.30. The lowest BCUT2D eigenvalue weighted by Crippen LogP contribution is -2.52. The summed E-state index contributed by atoms with van der Waals surface area (Å²) >= 11 is 0. The maximum atomic E-state index is 12.0. The Morgan fingerprint density at radius 1 is 1.42 bits per heavy atom. The van der Waals surface area contributed by atoms with E-state index in [0.29, 0.717) is 19.5 Å². The van der Waals surface area contributed by atoms with Crippen LogP contribution in [-0.2, 0) is 9.59 Å². The van der Waals surface area contributed by atoms with Crippen molar-refractivity contribution in [3.63, 3.8) is 0 Å². The highest BCUT2D eigenvalue weighted by molar-refractivity contribution is 5.89. The van der Waals surface area contributed by atoms with Crippen LogP contribution in [0.4, 0.5) is 0 Å². The van der Waals surface area contributed by atoms with Crippen LogP contribution in [0.5, 0.6) is 5.75 Å². The summed E-state index contributed by atoms with van der Waals surface area (Å²) < 4.78 is 5.10. The van der Waals surface area contributed by atoms with Gasteiger partial charge in [0.25, 0.3) is 0 Å². The predicted molar refractivity (Wildman–Crippen MR) is 70.7 cm³/mol. The number of benzene rings is 1. The minimum absolute atomic E-state index is 0.00401. The number of piperazine rings is 1. The number of ether oxygens (including phenoxy) is 1. The molecule has 1 saturated heterocycles. The molecule has 19 heavy (non-hydrogen) atoms. The Bertz CT molecular complexity index is 470. The Morgan fingerprint density at radius 3 is 2.68 bits per heavy atom. The second-order valence-electron chi connectivity index (χ2n) is 4.41. The third kappa shape index (κ3) is 2.70. The first-order valence-corrected chi connectivity index (χ1v) is 6.38. The molecule has 0 aliphatic carbocycles. The van der Waals surface area contributed by atoms with Crippen molar-refractivity contribution in [2.24, 2.45) is 0 Å². The molecule has 1 aromatic rings. The molecular formula is C14H18N2O3. The Labute approximate surface area is 112 Å². The highest BCUT2D eigenvalue weighted by atomic mass is 16.5. The normalized spacial score (nSPS) is 18.9. The maximum absolute atomic E-state index is 12.0. The number of rotatable bonds is 3. The van der Waals surface area contributed by atoms with E-state index in [1.165, 1.54) is 0 Å². The predicted octanol–water partition coefficient (Wildman–Crippen LogP) is 1.10. The fraction of sp³-hybridized carbons (Fsp3) is 0.429. The van der Waals surface area contributed by atoms with E-state index >= 15 is 0 Å². The van der Waals surface area contributed by atoms with Gasteiger partial charge in [0.05, 0.1) is 7.11 Å². The van der Waals surface area contributed by atoms with Crippen molar-refractivity contribution in [3.05, 3.63) is 29.8 Å². The van der Waals surface area contributed by atoms with Gasteiger partial charge in [-0.15, -0.1) is 0 Å². The number of carbonyl (C=O) groups is 2. The molecule has 1 aliphatic rings. The van der Waals surface area contributed by atoms with Crippen LogP contribution in [0.25, 0.3) is 0 Å². The second-order valence-corrected chi connectivity index (χ2v) is 4.41. The summed E-state index contributed by atoms with van der Waals surface area (Å²) in [5, 5.41) is 2.80. The van der Waals surface area contributed by atoms with E-state index in [-0.39, 0.29) is 11.8 Å². The van der Waals surface area contributed by atoms with Crippen LogP contribution in [0.3, 0.4) is 0 Å². The van der Waals surface area contributed by atoms with Gasteiger partial charge in [-0.3, -0.25) is 9.59 Å². The van der Waals surface area contributed by atoms with Crippen molar-refractivity contribution in [2.45, 2.75) is 19.4 Å². The number of methoxy groups -OCH3 is 1. The van der Waals surface area contributed by atoms with Gasteiger partial charge in [0.2, 0.25) is 11.8 Å². The quantitative estimate of drug-likeness (QED) is 0.887. The van der Waals surface area contributed by atoms with E-state index in [1.54, 1.807) is 31.1 Å². The summed E-state index contributed by atoms with van der Waals surface area (Å²) in [5.74, 6) is 0.599. The van der Waals surface area contributed by atoms with Crippen molar-refractivity contribution >= 4 is 11.8 Å². The zero-order chi connectivity index (χ0) is 13.8. The summed E-state index contributed by atoms with van der Waals surface area (Å²) in [5.41, 5.74) is 0.805. The average molecular weight is 262 g/mol. The average Bonchev–Trinajstić information content (AvgIpc) is 2.46. The highest BCUT2D eigenvalue weighted by Gasteiger charge is 2.33. The molecule has 0 radical (unpaired) electrons. The van der Waals surface area contributed by atoms with Gasteiger partial charge in [-0.2, -0.15) is 0 Å². The summed E-state index contributed by atoms with van der Waals surface area (Å²) in [6.07, 6.45) is 0.403. The molecule has 1 aliphatic heterocycles. The lowest BCUT2D eigenvalue weighted by atomic mass is 10.0. The molecule has 0 saturated carbocycles. The minimum atomic E-state index is -0.535. The largest absolute Gasteiger partial charge is 0.497 e. The number of nitrogens with zero attached hydrogens (tertiary/aromatic N) is 1. The molecule has 102 valence electrons. The van der Waals surface area contributed by atoms with Gasteiger partial charge >= 0.3 is 0 Å². The fourth-order valence-electron chi connectivity index (χ4n) is 2.26. The zero-order valence-electron chi connectivity index (χ0n) is 11.2. The summed E-state index contributed by atoms with van der Waals surface area (Å²) in [7, 11) is 1.59. The molecule has 1 heterocycles. The second kappa shape index (κ2) is 5.73. The molecular weight excluding hydrogens is 244 g/mol. The van der Waals surface area contributed by atoms with Crippen LogP contribution >= 0.6 is 0 Å². The summed E-state index contributed by atoms with van der Waals surface area (Å²) in [4.78, 5) is 25.6. The SMILES string of the molecule is CCC(=O)N1CCNC(=O)C1c1ccc(OC)cc1. The number of hydrogen-bond acceptors (Lipinski definition) is 3. The van der Waals surface area contributed by atoms with Crippen molar-refractivity contribution in [1.29, 1.82) is 0 Å². The summed E-state index contributed by atoms with van der Waals surface area (Å²) in [6.45, 7) is 2.87. The zero-order valence-corrected chi connectivity index (χ0v) is 11.2. The third-order valence-electron chi connectivity index (χ3n) is 3.27. The van der Waals surface area contributed by atoms with E-state index in [1.807, 2.05) is 12.1 Å². The van der Waals surface area contributed by atoms with Crippen LogP contribution in [0.2, 0.25) is 0 Å². The van der Waals surface area contributed by atoms with E-state index in [9.17, 15) is 9.59 Å². The van der Waals surface area contributed by atoms with Crippen LogP contribution in [0, 0.1) is 0 Å². The van der Waals surface area contributed by atoms with Gasteiger partial charge in [-0.25, -0.2) is 0 Å². The standard InChI is InChI=1S/C14H18N2O3/c1-3-12(17)16-9-8-15-14(18)13(16)10-4-6-11(19-2)7-5-10/h4-7,13H,3,8-9H2,1-2H3,(H,15,18). The van der Waals surface area contributed by atoms with Crippen molar-refractivity contribution in [3.8, 4) is 5.75 Å². The molecule has 0 spiro atoms. The Kier molecular flexibility index (Phi) is 4.04. The Morgan fingerprint density at radius 2 is 2.11 bits per heavy atom. The molecule has 2 rings (SSSR count). The van der Waals surface area contributed by atoms with Crippen LogP contribution < -0.4 is 10.1 Å². The number of hydrogen-bond donors (Lipinski definition) is 1. The number of nitrogens with one attached hydrogen (secondary N) is 1. The molecule has 1 fully saturated rings. The van der Waals surface area contributed by atoms with Crippen LogP contribution in [0.1, 0.15) is 24.9 Å². The lowest BCUT2D eigenvalue weighted by molar-refractivity contribution is -0.143. The topological polar surface area (TPSA) is 58.6 Å². The fourth-order valence-corrected chi connectivity index (χ4v) is 2.26. The number of carbonyl (C=O) groups excluding carboxylic acids is 2. The first-order chi connectivity index (χ1) is 9.17. The molecule has 5 nitrogen and oxygen atoms in total. The monoisotopic (exact) mass is 262 g/mol. The van der Waals surface area contributed by atoms with Gasteiger partial charge in [0.15, 0.2) is 0 Å². The van der Waals surface area contributed by atoms with Crippen molar-refractivity contribution in [2.75, 3.05) is 20.2 Å². The minimum Gasteiger partial charge on any atom is -0.497 e.